The number of oxazole rings is 1. The van der Waals surface area contributed by atoms with Crippen LogP contribution in [0.3, 0.4) is 0 Å². The number of rotatable bonds is 2. The van der Waals surface area contributed by atoms with Crippen LogP contribution < -0.4 is 10.5 Å². The Balaban J connectivity index is 2.17. The van der Waals surface area contributed by atoms with Gasteiger partial charge in [0.25, 0.3) is 0 Å². The van der Waals surface area contributed by atoms with Crippen molar-refractivity contribution in [3.05, 3.63) is 41.4 Å². The summed E-state index contributed by atoms with van der Waals surface area (Å²) in [4.78, 5) is 4.39. The number of nitrogens with two attached hydrogens (primary N) is 1. The van der Waals surface area contributed by atoms with Crippen LogP contribution in [-0.4, -0.2) is 12.1 Å². The molecule has 0 aliphatic rings. The summed E-state index contributed by atoms with van der Waals surface area (Å²) in [6, 6.07) is 10.8. The van der Waals surface area contributed by atoms with Gasteiger partial charge in [-0.1, -0.05) is 17.7 Å². The van der Waals surface area contributed by atoms with Gasteiger partial charge in [-0.15, -0.1) is 0 Å². The molecule has 3 aromatic rings. The van der Waals surface area contributed by atoms with Gasteiger partial charge < -0.3 is 14.9 Å². The van der Waals surface area contributed by atoms with Crippen molar-refractivity contribution in [2.75, 3.05) is 12.8 Å². The van der Waals surface area contributed by atoms with Crippen molar-refractivity contribution in [1.29, 1.82) is 0 Å². The third-order valence-corrected chi connectivity index (χ3v) is 3.02. The molecular weight excluding hydrogens is 264 g/mol. The standard InChI is InChI=1S/C14H11ClN2O2/c1-18-10-4-2-3-8(5-10)14-17-12-7-9(15)6-11(16)13(12)19-14/h2-7H,16H2,1H3. The number of ether oxygens (including phenoxy) is 1. The maximum absolute atomic E-state index is 5.95. The van der Waals surface area contributed by atoms with Crippen LogP contribution in [0.25, 0.3) is 22.6 Å². The van der Waals surface area contributed by atoms with Crippen LogP contribution in [-0.2, 0) is 0 Å². The Morgan fingerprint density at radius 1 is 1.26 bits per heavy atom. The number of nitrogen functional groups attached to an aromatic ring is 1. The first-order chi connectivity index (χ1) is 9.17. The van der Waals surface area contributed by atoms with Crippen LogP contribution >= 0.6 is 11.6 Å². The number of nitrogens with zero attached hydrogens (tertiary/aromatic N) is 1. The maximum Gasteiger partial charge on any atom is 0.227 e. The van der Waals surface area contributed by atoms with Crippen molar-refractivity contribution in [2.24, 2.45) is 0 Å². The number of anilines is 1. The molecule has 2 N–H and O–H groups in total. The number of hydrogen-bond donors (Lipinski definition) is 1. The van der Waals surface area contributed by atoms with Gasteiger partial charge in [0.15, 0.2) is 5.58 Å². The van der Waals surface area contributed by atoms with Crippen molar-refractivity contribution in [3.63, 3.8) is 0 Å². The molecule has 96 valence electrons. The average molecular weight is 275 g/mol. The number of methoxy groups -OCH3 is 1. The van der Waals surface area contributed by atoms with E-state index in [4.69, 9.17) is 26.5 Å². The summed E-state index contributed by atoms with van der Waals surface area (Å²) in [5.74, 6) is 1.23. The Morgan fingerprint density at radius 3 is 2.89 bits per heavy atom. The number of hydrogen-bond acceptors (Lipinski definition) is 4. The highest BCUT2D eigenvalue weighted by Gasteiger charge is 2.12. The summed E-state index contributed by atoms with van der Waals surface area (Å²) in [5.41, 5.74) is 8.35. The monoisotopic (exact) mass is 274 g/mol. The molecular formula is C14H11ClN2O2. The van der Waals surface area contributed by atoms with Gasteiger partial charge in [0, 0.05) is 10.6 Å². The first-order valence-corrected chi connectivity index (χ1v) is 6.05. The highest BCUT2D eigenvalue weighted by molar-refractivity contribution is 6.31. The molecule has 0 unspecified atom stereocenters. The lowest BCUT2D eigenvalue weighted by Crippen LogP contribution is -1.84. The second-order valence-corrected chi connectivity index (χ2v) is 4.53. The molecule has 3 rings (SSSR count). The van der Waals surface area contributed by atoms with Gasteiger partial charge >= 0.3 is 0 Å². The minimum Gasteiger partial charge on any atom is -0.497 e. The molecule has 0 saturated heterocycles. The quantitative estimate of drug-likeness (QED) is 0.723. The topological polar surface area (TPSA) is 61.3 Å². The van der Waals surface area contributed by atoms with Gasteiger partial charge in [-0.2, -0.15) is 0 Å². The summed E-state index contributed by atoms with van der Waals surface area (Å²) in [5, 5.41) is 0.537. The van der Waals surface area contributed by atoms with Crippen molar-refractivity contribution < 1.29 is 9.15 Å². The van der Waals surface area contributed by atoms with Crippen molar-refractivity contribution >= 4 is 28.4 Å². The first-order valence-electron chi connectivity index (χ1n) is 5.67. The van der Waals surface area contributed by atoms with Gasteiger partial charge in [-0.25, -0.2) is 4.98 Å². The Bertz CT molecular complexity index is 752. The van der Waals surface area contributed by atoms with Crippen LogP contribution in [0.15, 0.2) is 40.8 Å². The smallest absolute Gasteiger partial charge is 0.227 e. The lowest BCUT2D eigenvalue weighted by Gasteiger charge is -2.00. The Morgan fingerprint density at radius 2 is 2.11 bits per heavy atom. The molecule has 4 nitrogen and oxygen atoms in total. The van der Waals surface area contributed by atoms with E-state index >= 15 is 0 Å². The molecule has 0 aliphatic carbocycles. The number of aromatic nitrogens is 1. The van der Waals surface area contributed by atoms with E-state index in [0.29, 0.717) is 27.7 Å². The summed E-state index contributed by atoms with van der Waals surface area (Å²) >= 11 is 5.95. The molecule has 1 heterocycles. The van der Waals surface area contributed by atoms with Crippen molar-refractivity contribution in [2.45, 2.75) is 0 Å². The summed E-state index contributed by atoms with van der Waals surface area (Å²) < 4.78 is 10.9. The van der Waals surface area contributed by atoms with Crippen LogP contribution in [0.5, 0.6) is 5.75 Å². The highest BCUT2D eigenvalue weighted by Crippen LogP contribution is 2.31. The molecule has 5 heteroatoms. The Hall–Kier alpha value is -2.20. The molecule has 0 fully saturated rings. The molecule has 0 radical (unpaired) electrons. The summed E-state index contributed by atoms with van der Waals surface area (Å²) in [7, 11) is 1.61. The zero-order chi connectivity index (χ0) is 13.4. The fourth-order valence-corrected chi connectivity index (χ4v) is 2.12. The zero-order valence-corrected chi connectivity index (χ0v) is 10.9. The average Bonchev–Trinajstić information content (AvgIpc) is 2.83. The third-order valence-electron chi connectivity index (χ3n) is 2.80. The largest absolute Gasteiger partial charge is 0.497 e. The highest BCUT2D eigenvalue weighted by atomic mass is 35.5. The SMILES string of the molecule is COc1cccc(-c2nc3cc(Cl)cc(N)c3o2)c1. The minimum absolute atomic E-state index is 0.476. The summed E-state index contributed by atoms with van der Waals surface area (Å²) in [6.07, 6.45) is 0. The molecule has 0 amide bonds. The van der Waals surface area contributed by atoms with E-state index in [0.717, 1.165) is 11.3 Å². The molecule has 2 aromatic carbocycles. The maximum atomic E-state index is 5.95. The van der Waals surface area contributed by atoms with E-state index in [9.17, 15) is 0 Å². The molecule has 0 aliphatic heterocycles. The number of benzene rings is 2. The van der Waals surface area contributed by atoms with Gasteiger partial charge in [0.05, 0.1) is 12.8 Å². The predicted molar refractivity (Wildman–Crippen MR) is 75.4 cm³/mol. The lowest BCUT2D eigenvalue weighted by molar-refractivity contribution is 0.415. The predicted octanol–water partition coefficient (Wildman–Crippen LogP) is 3.74. The van der Waals surface area contributed by atoms with E-state index < -0.39 is 0 Å². The van der Waals surface area contributed by atoms with Gasteiger partial charge in [0.1, 0.15) is 11.3 Å². The second-order valence-electron chi connectivity index (χ2n) is 4.09. The normalized spacial score (nSPS) is 10.8. The molecule has 0 bridgehead atoms. The van der Waals surface area contributed by atoms with Crippen molar-refractivity contribution in [1.82, 2.24) is 4.98 Å². The summed E-state index contributed by atoms with van der Waals surface area (Å²) in [6.45, 7) is 0. The van der Waals surface area contributed by atoms with E-state index in [1.807, 2.05) is 24.3 Å². The lowest BCUT2D eigenvalue weighted by atomic mass is 10.2. The van der Waals surface area contributed by atoms with Gasteiger partial charge in [-0.3, -0.25) is 0 Å². The van der Waals surface area contributed by atoms with Crippen LogP contribution in [0.2, 0.25) is 5.02 Å². The number of fused-ring (bicyclic) bond motifs is 1. The molecule has 0 atom stereocenters. The molecule has 0 spiro atoms. The first kappa shape index (κ1) is 11.9. The fourth-order valence-electron chi connectivity index (χ4n) is 1.90. The molecule has 19 heavy (non-hydrogen) atoms. The molecule has 0 saturated carbocycles. The Labute approximate surface area is 114 Å². The Kier molecular flexibility index (Phi) is 2.80. The van der Waals surface area contributed by atoms with Crippen LogP contribution in [0.1, 0.15) is 0 Å². The zero-order valence-electron chi connectivity index (χ0n) is 10.2. The van der Waals surface area contributed by atoms with Gasteiger partial charge in [-0.05, 0) is 30.3 Å². The van der Waals surface area contributed by atoms with Crippen LogP contribution in [0, 0.1) is 0 Å². The second kappa shape index (κ2) is 4.48. The van der Waals surface area contributed by atoms with E-state index in [-0.39, 0.29) is 0 Å². The van der Waals surface area contributed by atoms with E-state index in [1.165, 1.54) is 0 Å². The van der Waals surface area contributed by atoms with E-state index in [2.05, 4.69) is 4.98 Å². The molecule has 1 aromatic heterocycles. The van der Waals surface area contributed by atoms with E-state index in [1.54, 1.807) is 19.2 Å². The minimum atomic E-state index is 0.476. The number of halogens is 1. The van der Waals surface area contributed by atoms with Crippen LogP contribution in [0.4, 0.5) is 5.69 Å². The fraction of sp³-hybridized carbons (Fsp3) is 0.0714. The van der Waals surface area contributed by atoms with Gasteiger partial charge in [0.2, 0.25) is 5.89 Å². The third kappa shape index (κ3) is 2.11. The van der Waals surface area contributed by atoms with Crippen molar-refractivity contribution in [3.8, 4) is 17.2 Å².